The van der Waals surface area contributed by atoms with Crippen LogP contribution >= 0.6 is 0 Å². The van der Waals surface area contributed by atoms with Crippen molar-refractivity contribution >= 4 is 16.8 Å². The number of hydrogen-bond acceptors (Lipinski definition) is 3. The first-order valence-corrected chi connectivity index (χ1v) is 7.81. The Bertz CT molecular complexity index is 969. The van der Waals surface area contributed by atoms with E-state index < -0.39 is 0 Å². The Labute approximate surface area is 139 Å². The van der Waals surface area contributed by atoms with Crippen molar-refractivity contribution in [2.75, 3.05) is 0 Å². The molecular formula is C18H20N4O2. The second kappa shape index (κ2) is 6.31. The molecule has 0 aliphatic rings. The number of nitrogens with one attached hydrogen (secondary N) is 2. The van der Waals surface area contributed by atoms with Crippen LogP contribution in [0.15, 0.2) is 35.3 Å². The van der Waals surface area contributed by atoms with Gasteiger partial charge in [-0.15, -0.1) is 0 Å². The normalized spacial score (nSPS) is 11.0. The van der Waals surface area contributed by atoms with Crippen LogP contribution in [0.3, 0.4) is 0 Å². The first kappa shape index (κ1) is 16.0. The van der Waals surface area contributed by atoms with Gasteiger partial charge in [-0.25, -0.2) is 5.10 Å². The van der Waals surface area contributed by atoms with Gasteiger partial charge in [0.25, 0.3) is 5.56 Å². The fraction of sp³-hybridized carbons (Fsp3) is 0.278. The highest BCUT2D eigenvalue weighted by molar-refractivity contribution is 5.89. The zero-order valence-electron chi connectivity index (χ0n) is 14.0. The Balaban J connectivity index is 1.75. The number of nitrogens with zero attached hydrogens (tertiary/aromatic N) is 2. The predicted molar refractivity (Wildman–Crippen MR) is 92.8 cm³/mol. The summed E-state index contributed by atoms with van der Waals surface area (Å²) in [5, 5.41) is 10.3. The van der Waals surface area contributed by atoms with Gasteiger partial charge in [-0.2, -0.15) is 5.10 Å². The van der Waals surface area contributed by atoms with Crippen molar-refractivity contribution < 1.29 is 4.79 Å². The number of carbonyl (C=O) groups excluding carboxylic acids is 1. The molecule has 0 saturated carbocycles. The fourth-order valence-corrected chi connectivity index (χ4v) is 2.88. The number of aromatic amines is 1. The summed E-state index contributed by atoms with van der Waals surface area (Å²) in [7, 11) is 1.96. The molecule has 3 aromatic rings. The van der Waals surface area contributed by atoms with Crippen molar-refractivity contribution in [1.82, 2.24) is 20.1 Å². The summed E-state index contributed by atoms with van der Waals surface area (Å²) in [4.78, 5) is 24.2. The second-order valence-electron chi connectivity index (χ2n) is 5.98. The van der Waals surface area contributed by atoms with Crippen LogP contribution in [-0.4, -0.2) is 20.7 Å². The number of hydrogen-bond donors (Lipinski definition) is 2. The van der Waals surface area contributed by atoms with Gasteiger partial charge in [-0.3, -0.25) is 9.59 Å². The molecule has 6 nitrogen and oxygen atoms in total. The van der Waals surface area contributed by atoms with E-state index in [4.69, 9.17) is 0 Å². The lowest BCUT2D eigenvalue weighted by Crippen LogP contribution is -2.29. The molecule has 124 valence electrons. The van der Waals surface area contributed by atoms with E-state index in [9.17, 15) is 9.59 Å². The number of aryl methyl sites for hydroxylation is 2. The Morgan fingerprint density at radius 1 is 1.29 bits per heavy atom. The quantitative estimate of drug-likeness (QED) is 0.767. The molecule has 2 heterocycles. The van der Waals surface area contributed by atoms with Gasteiger partial charge in [0, 0.05) is 36.3 Å². The van der Waals surface area contributed by atoms with E-state index in [0.29, 0.717) is 5.56 Å². The maximum atomic E-state index is 12.3. The molecule has 1 aromatic carbocycles. The highest BCUT2D eigenvalue weighted by atomic mass is 16.1. The van der Waals surface area contributed by atoms with Crippen molar-refractivity contribution in [3.63, 3.8) is 0 Å². The van der Waals surface area contributed by atoms with Crippen LogP contribution in [0.4, 0.5) is 0 Å². The van der Waals surface area contributed by atoms with Crippen LogP contribution in [-0.2, 0) is 24.8 Å². The average Bonchev–Trinajstić information content (AvgIpc) is 2.88. The molecule has 0 unspecified atom stereocenters. The number of amides is 1. The zero-order valence-corrected chi connectivity index (χ0v) is 14.0. The summed E-state index contributed by atoms with van der Waals surface area (Å²) in [6.45, 7) is 3.87. The molecule has 0 radical (unpaired) electrons. The molecule has 0 spiro atoms. The Kier molecular flexibility index (Phi) is 4.20. The molecule has 6 heteroatoms. The van der Waals surface area contributed by atoms with Gasteiger partial charge in [-0.1, -0.05) is 18.2 Å². The lowest BCUT2D eigenvalue weighted by molar-refractivity contribution is -0.120. The molecule has 1 amide bonds. The van der Waals surface area contributed by atoms with Crippen LogP contribution < -0.4 is 10.9 Å². The third-order valence-electron chi connectivity index (χ3n) is 4.39. The molecule has 3 rings (SSSR count). The Morgan fingerprint density at radius 3 is 2.83 bits per heavy atom. The third-order valence-corrected chi connectivity index (χ3v) is 4.39. The van der Waals surface area contributed by atoms with Crippen molar-refractivity contribution in [2.45, 2.75) is 26.8 Å². The maximum absolute atomic E-state index is 12.3. The summed E-state index contributed by atoms with van der Waals surface area (Å²) in [5.74, 6) is -0.111. The topological polar surface area (TPSA) is 79.8 Å². The van der Waals surface area contributed by atoms with E-state index in [2.05, 4.69) is 15.5 Å². The van der Waals surface area contributed by atoms with E-state index in [0.717, 1.165) is 27.7 Å². The van der Waals surface area contributed by atoms with Gasteiger partial charge in [0.1, 0.15) is 0 Å². The molecule has 24 heavy (non-hydrogen) atoms. The van der Waals surface area contributed by atoms with Crippen LogP contribution in [0.1, 0.15) is 22.4 Å². The number of fused-ring (bicyclic) bond motifs is 1. The fourth-order valence-electron chi connectivity index (χ4n) is 2.88. The van der Waals surface area contributed by atoms with Gasteiger partial charge in [0.15, 0.2) is 0 Å². The molecule has 0 bridgehead atoms. The predicted octanol–water partition coefficient (Wildman–Crippen LogP) is 1.74. The van der Waals surface area contributed by atoms with Crippen molar-refractivity contribution in [2.24, 2.45) is 7.05 Å². The molecule has 0 aliphatic carbocycles. The number of aromatic nitrogens is 3. The van der Waals surface area contributed by atoms with Gasteiger partial charge < -0.3 is 9.88 Å². The average molecular weight is 324 g/mol. The lowest BCUT2D eigenvalue weighted by Gasteiger charge is -2.08. The monoisotopic (exact) mass is 324 g/mol. The van der Waals surface area contributed by atoms with E-state index in [1.54, 1.807) is 0 Å². The second-order valence-corrected chi connectivity index (χ2v) is 5.98. The summed E-state index contributed by atoms with van der Waals surface area (Å²) in [6, 6.07) is 7.98. The molecule has 2 N–H and O–H groups in total. The van der Waals surface area contributed by atoms with E-state index >= 15 is 0 Å². The molecule has 0 aliphatic heterocycles. The summed E-state index contributed by atoms with van der Waals surface area (Å²) >= 11 is 0. The highest BCUT2D eigenvalue weighted by Crippen LogP contribution is 2.20. The van der Waals surface area contributed by atoms with Crippen molar-refractivity contribution in [3.05, 3.63) is 63.2 Å². The van der Waals surface area contributed by atoms with Gasteiger partial charge in [0.2, 0.25) is 5.91 Å². The molecular weight excluding hydrogens is 304 g/mol. The minimum Gasteiger partial charge on any atom is -0.352 e. The molecule has 0 fully saturated rings. The van der Waals surface area contributed by atoms with Crippen LogP contribution in [0.5, 0.6) is 0 Å². The molecule has 2 aromatic heterocycles. The number of para-hydroxylation sites is 1. The zero-order chi connectivity index (χ0) is 17.3. The SMILES string of the molecule is Cc1n[nH]c(=O)c(CNC(=O)Cc2cn(C)c3ccccc23)c1C. The maximum Gasteiger partial charge on any atom is 0.269 e. The number of carbonyl (C=O) groups is 1. The van der Waals surface area contributed by atoms with E-state index in [1.165, 1.54) is 0 Å². The summed E-state index contributed by atoms with van der Waals surface area (Å²) in [5.41, 5.74) is 3.92. The van der Waals surface area contributed by atoms with Gasteiger partial charge >= 0.3 is 0 Å². The van der Waals surface area contributed by atoms with E-state index in [-0.39, 0.29) is 24.4 Å². The number of benzene rings is 1. The molecule has 0 atom stereocenters. The van der Waals surface area contributed by atoms with Crippen molar-refractivity contribution in [1.29, 1.82) is 0 Å². The van der Waals surface area contributed by atoms with Crippen LogP contribution in [0.2, 0.25) is 0 Å². The summed E-state index contributed by atoms with van der Waals surface area (Å²) in [6.07, 6.45) is 2.25. The lowest BCUT2D eigenvalue weighted by atomic mass is 10.1. The number of rotatable bonds is 4. The molecule has 0 saturated heterocycles. The minimum atomic E-state index is -0.261. The standard InChI is InChI=1S/C18H20N4O2/c1-11-12(2)20-21-18(24)15(11)9-19-17(23)8-13-10-22(3)16-7-5-4-6-14(13)16/h4-7,10H,8-9H2,1-3H3,(H,19,23)(H,21,24). The largest absolute Gasteiger partial charge is 0.352 e. The van der Waals surface area contributed by atoms with Gasteiger partial charge in [0.05, 0.1) is 12.1 Å². The van der Waals surface area contributed by atoms with Crippen molar-refractivity contribution in [3.8, 4) is 0 Å². The smallest absolute Gasteiger partial charge is 0.269 e. The Morgan fingerprint density at radius 2 is 2.04 bits per heavy atom. The Hall–Kier alpha value is -2.89. The van der Waals surface area contributed by atoms with Crippen LogP contribution in [0, 0.1) is 13.8 Å². The van der Waals surface area contributed by atoms with E-state index in [1.807, 2.05) is 55.9 Å². The highest BCUT2D eigenvalue weighted by Gasteiger charge is 2.12. The minimum absolute atomic E-state index is 0.111. The first-order valence-electron chi connectivity index (χ1n) is 7.81. The summed E-state index contributed by atoms with van der Waals surface area (Å²) < 4.78 is 2.01. The van der Waals surface area contributed by atoms with Gasteiger partial charge in [-0.05, 0) is 31.0 Å². The number of H-pyrrole nitrogens is 1. The first-order chi connectivity index (χ1) is 11.5. The third kappa shape index (κ3) is 2.95. The van der Waals surface area contributed by atoms with Crippen LogP contribution in [0.25, 0.3) is 10.9 Å².